The van der Waals surface area contributed by atoms with Gasteiger partial charge in [-0.15, -0.1) is 10.2 Å². The van der Waals surface area contributed by atoms with Crippen LogP contribution >= 0.6 is 0 Å². The van der Waals surface area contributed by atoms with Gasteiger partial charge in [-0.2, -0.15) is 0 Å². The number of rotatable bonds is 10. The number of benzene rings is 1. The lowest BCUT2D eigenvalue weighted by Gasteiger charge is -2.20. The van der Waals surface area contributed by atoms with Gasteiger partial charge in [0.2, 0.25) is 5.91 Å². The number of nitrogens with one attached hydrogen (secondary N) is 3. The summed E-state index contributed by atoms with van der Waals surface area (Å²) in [5, 5.41) is 16.6. The molecule has 0 bridgehead atoms. The molecule has 1 saturated heterocycles. The minimum atomic E-state index is -0.441. The SMILES string of the molecule is CNC(=O)c1nnc(NC(=O)C2CC2)cc1Nc1cccc(-c2ccc(C(=O)N(C)C[C@@H]3CCCO3)nc2)c1OC. The van der Waals surface area contributed by atoms with Crippen LogP contribution in [0.4, 0.5) is 17.2 Å². The molecule has 2 fully saturated rings. The Morgan fingerprint density at radius 1 is 1.10 bits per heavy atom. The highest BCUT2D eigenvalue weighted by molar-refractivity contribution is 6.00. The number of amides is 3. The summed E-state index contributed by atoms with van der Waals surface area (Å²) >= 11 is 0. The Hall–Kier alpha value is -4.58. The average Bonchev–Trinajstić information content (AvgIpc) is 3.73. The highest BCUT2D eigenvalue weighted by Crippen LogP contribution is 2.38. The van der Waals surface area contributed by atoms with Crippen LogP contribution in [0.1, 0.15) is 46.7 Å². The lowest BCUT2D eigenvalue weighted by atomic mass is 10.0. The van der Waals surface area contributed by atoms with E-state index in [4.69, 9.17) is 9.47 Å². The molecule has 12 heteroatoms. The molecule has 3 aromatic rings. The van der Waals surface area contributed by atoms with Crippen molar-refractivity contribution >= 4 is 34.9 Å². The molecular formula is C29H33N7O5. The van der Waals surface area contributed by atoms with E-state index < -0.39 is 5.91 Å². The molecule has 2 aromatic heterocycles. The van der Waals surface area contributed by atoms with Gasteiger partial charge in [-0.05, 0) is 37.8 Å². The lowest BCUT2D eigenvalue weighted by molar-refractivity contribution is -0.117. The number of aromatic nitrogens is 3. The predicted molar refractivity (Wildman–Crippen MR) is 152 cm³/mol. The average molecular weight is 560 g/mol. The van der Waals surface area contributed by atoms with Crippen molar-refractivity contribution in [1.82, 2.24) is 25.4 Å². The number of para-hydroxylation sites is 1. The first kappa shape index (κ1) is 28.0. The summed E-state index contributed by atoms with van der Waals surface area (Å²) in [6.45, 7) is 1.26. The van der Waals surface area contributed by atoms with Crippen molar-refractivity contribution in [2.75, 3.05) is 45.0 Å². The number of anilines is 3. The van der Waals surface area contributed by atoms with Gasteiger partial charge in [0.15, 0.2) is 11.5 Å². The highest BCUT2D eigenvalue weighted by Gasteiger charge is 2.30. The van der Waals surface area contributed by atoms with Crippen LogP contribution in [-0.2, 0) is 9.53 Å². The first-order chi connectivity index (χ1) is 19.9. The Morgan fingerprint density at radius 2 is 1.93 bits per heavy atom. The van der Waals surface area contributed by atoms with Crippen LogP contribution in [0.5, 0.6) is 5.75 Å². The van der Waals surface area contributed by atoms with Crippen LogP contribution in [0.25, 0.3) is 11.1 Å². The summed E-state index contributed by atoms with van der Waals surface area (Å²) < 4.78 is 11.4. The van der Waals surface area contributed by atoms with Crippen LogP contribution in [0, 0.1) is 5.92 Å². The van der Waals surface area contributed by atoms with Crippen LogP contribution in [-0.4, -0.2) is 78.3 Å². The molecule has 41 heavy (non-hydrogen) atoms. The van der Waals surface area contributed by atoms with Crippen LogP contribution in [0.15, 0.2) is 42.6 Å². The Labute approximate surface area is 237 Å². The quantitative estimate of drug-likeness (QED) is 0.340. The molecule has 1 aliphatic heterocycles. The van der Waals surface area contributed by atoms with Crippen molar-refractivity contribution < 1.29 is 23.9 Å². The number of carbonyl (C=O) groups excluding carboxylic acids is 3. The molecule has 1 aliphatic carbocycles. The zero-order valence-electron chi connectivity index (χ0n) is 23.3. The van der Waals surface area contributed by atoms with Crippen LogP contribution in [0.2, 0.25) is 0 Å². The van der Waals surface area contributed by atoms with E-state index in [0.717, 1.165) is 43.4 Å². The predicted octanol–water partition coefficient (Wildman–Crippen LogP) is 3.25. The van der Waals surface area contributed by atoms with Crippen molar-refractivity contribution in [3.05, 3.63) is 54.0 Å². The van der Waals surface area contributed by atoms with Crippen molar-refractivity contribution in [2.45, 2.75) is 31.8 Å². The number of hydrogen-bond donors (Lipinski definition) is 3. The largest absolute Gasteiger partial charge is 0.494 e. The molecule has 0 radical (unpaired) electrons. The maximum atomic E-state index is 12.9. The van der Waals surface area contributed by atoms with E-state index in [1.807, 2.05) is 18.2 Å². The van der Waals surface area contributed by atoms with Gasteiger partial charge in [-0.1, -0.05) is 18.2 Å². The van der Waals surface area contributed by atoms with E-state index in [2.05, 4.69) is 31.1 Å². The number of hydrogen-bond acceptors (Lipinski definition) is 9. The number of pyridine rings is 1. The minimum Gasteiger partial charge on any atom is -0.494 e. The van der Waals surface area contributed by atoms with E-state index in [1.165, 1.54) is 7.05 Å². The van der Waals surface area contributed by atoms with Crippen molar-refractivity contribution in [3.8, 4) is 16.9 Å². The van der Waals surface area contributed by atoms with E-state index in [9.17, 15) is 14.4 Å². The zero-order valence-corrected chi connectivity index (χ0v) is 23.3. The Morgan fingerprint density at radius 3 is 2.59 bits per heavy atom. The molecule has 0 spiro atoms. The van der Waals surface area contributed by atoms with Crippen molar-refractivity contribution in [2.24, 2.45) is 5.92 Å². The Balaban J connectivity index is 1.39. The number of methoxy groups -OCH3 is 1. The van der Waals surface area contributed by atoms with Crippen LogP contribution in [0.3, 0.4) is 0 Å². The molecule has 1 aromatic carbocycles. The number of carbonyl (C=O) groups is 3. The maximum absolute atomic E-state index is 12.9. The third-order valence-electron chi connectivity index (χ3n) is 7.07. The van der Waals surface area contributed by atoms with E-state index in [-0.39, 0.29) is 35.3 Å². The first-order valence-electron chi connectivity index (χ1n) is 13.6. The molecule has 5 rings (SSSR count). The molecular weight excluding hydrogens is 526 g/mol. The van der Waals surface area contributed by atoms with Gasteiger partial charge < -0.3 is 30.3 Å². The smallest absolute Gasteiger partial charge is 0.273 e. The van der Waals surface area contributed by atoms with Gasteiger partial charge in [0, 0.05) is 56.6 Å². The molecule has 1 saturated carbocycles. The standard InChI is InChI=1S/C29H33N7O5/c1-30-28(38)25-23(14-24(34-35-25)33-27(37)17-9-10-17)32-21-8-4-7-20(26(21)40-3)18-11-12-22(31-15-18)29(39)36(2)16-19-6-5-13-41-19/h4,7-8,11-12,14-15,17,19H,5-6,9-10,13,16H2,1-3H3,(H,30,38)(H2,32,33,34,37)/t19-/m0/s1. The summed E-state index contributed by atoms with van der Waals surface area (Å²) in [5.74, 6) is -0.0196. The molecule has 3 N–H and O–H groups in total. The third kappa shape index (κ3) is 6.43. The number of ether oxygens (including phenoxy) is 2. The summed E-state index contributed by atoms with van der Waals surface area (Å²) in [6, 6.07) is 10.6. The second-order valence-electron chi connectivity index (χ2n) is 10.1. The van der Waals surface area contributed by atoms with Gasteiger partial charge in [-0.3, -0.25) is 19.4 Å². The van der Waals surface area contributed by atoms with E-state index >= 15 is 0 Å². The van der Waals surface area contributed by atoms with Gasteiger partial charge in [0.1, 0.15) is 11.4 Å². The summed E-state index contributed by atoms with van der Waals surface area (Å²) in [7, 11) is 4.79. The molecule has 3 heterocycles. The van der Waals surface area contributed by atoms with Gasteiger partial charge in [-0.25, -0.2) is 0 Å². The van der Waals surface area contributed by atoms with Gasteiger partial charge in [0.25, 0.3) is 11.8 Å². The topological polar surface area (TPSA) is 148 Å². The summed E-state index contributed by atoms with van der Waals surface area (Å²) in [5.41, 5.74) is 2.75. The highest BCUT2D eigenvalue weighted by atomic mass is 16.5. The maximum Gasteiger partial charge on any atom is 0.273 e. The molecule has 3 amide bonds. The molecule has 12 nitrogen and oxygen atoms in total. The summed E-state index contributed by atoms with van der Waals surface area (Å²) in [6.07, 6.45) is 5.35. The lowest BCUT2D eigenvalue weighted by Crippen LogP contribution is -2.34. The number of nitrogens with zero attached hydrogens (tertiary/aromatic N) is 4. The fourth-order valence-corrected chi connectivity index (χ4v) is 4.69. The van der Waals surface area contributed by atoms with Crippen molar-refractivity contribution in [3.63, 3.8) is 0 Å². The number of likely N-dealkylation sites (N-methyl/N-ethyl adjacent to an activating group) is 1. The molecule has 1 atom stereocenters. The fraction of sp³-hybridized carbons (Fsp3) is 0.379. The van der Waals surface area contributed by atoms with Gasteiger partial charge >= 0.3 is 0 Å². The Kier molecular flexibility index (Phi) is 8.39. The first-order valence-corrected chi connectivity index (χ1v) is 13.6. The molecule has 214 valence electrons. The van der Waals surface area contributed by atoms with Crippen molar-refractivity contribution in [1.29, 1.82) is 0 Å². The van der Waals surface area contributed by atoms with E-state index in [0.29, 0.717) is 29.4 Å². The zero-order chi connectivity index (χ0) is 28.9. The molecule has 0 unspecified atom stereocenters. The fourth-order valence-electron chi connectivity index (χ4n) is 4.69. The third-order valence-corrected chi connectivity index (χ3v) is 7.07. The second kappa shape index (κ2) is 12.3. The van der Waals surface area contributed by atoms with Gasteiger partial charge in [0.05, 0.1) is 24.6 Å². The normalized spacial score (nSPS) is 16.1. The molecule has 2 aliphatic rings. The van der Waals surface area contributed by atoms with Crippen LogP contribution < -0.4 is 20.7 Å². The second-order valence-corrected chi connectivity index (χ2v) is 10.1. The minimum absolute atomic E-state index is 0.0133. The monoisotopic (exact) mass is 559 g/mol. The van der Waals surface area contributed by atoms with E-state index in [1.54, 1.807) is 43.5 Å². The summed E-state index contributed by atoms with van der Waals surface area (Å²) in [4.78, 5) is 43.8. The Bertz CT molecular complexity index is 1440.